The van der Waals surface area contributed by atoms with Crippen molar-refractivity contribution in [2.24, 2.45) is 11.5 Å². The number of carbonyl (C=O) groups is 2. The van der Waals surface area contributed by atoms with Crippen molar-refractivity contribution in [1.82, 2.24) is 5.32 Å². The van der Waals surface area contributed by atoms with E-state index in [1.165, 1.54) is 0 Å². The zero-order chi connectivity index (χ0) is 15.8. The lowest BCUT2D eigenvalue weighted by molar-refractivity contribution is -0.120. The summed E-state index contributed by atoms with van der Waals surface area (Å²) in [6, 6.07) is 7.10. The third-order valence-electron chi connectivity index (χ3n) is 2.30. The van der Waals surface area contributed by atoms with Crippen LogP contribution in [0.25, 0.3) is 0 Å². The first kappa shape index (κ1) is 16.4. The summed E-state index contributed by atoms with van der Waals surface area (Å²) in [7, 11) is 0. The van der Waals surface area contributed by atoms with Gasteiger partial charge in [0.05, 0.1) is 6.61 Å². The summed E-state index contributed by atoms with van der Waals surface area (Å²) in [5.74, 6) is -1.12. The molecular formula is C13H16N4O3S. The van der Waals surface area contributed by atoms with Crippen LogP contribution in [0.4, 0.5) is 5.69 Å². The van der Waals surface area contributed by atoms with Crippen LogP contribution in [0.5, 0.6) is 5.75 Å². The highest BCUT2D eigenvalue weighted by Crippen LogP contribution is 2.15. The molecule has 0 saturated heterocycles. The van der Waals surface area contributed by atoms with E-state index in [4.69, 9.17) is 28.4 Å². The molecule has 6 N–H and O–H groups in total. The van der Waals surface area contributed by atoms with Gasteiger partial charge in [-0.3, -0.25) is 9.59 Å². The van der Waals surface area contributed by atoms with Gasteiger partial charge < -0.3 is 26.8 Å². The normalized spacial score (nSPS) is 9.38. The van der Waals surface area contributed by atoms with E-state index in [0.717, 1.165) is 11.9 Å². The maximum Gasteiger partial charge on any atom is 0.255 e. The number of thiocarbonyl (C=S) groups is 1. The Morgan fingerprint density at radius 3 is 2.29 bits per heavy atom. The number of carbonyl (C=O) groups excluding carboxylic acids is 2. The molecule has 0 radical (unpaired) electrons. The van der Waals surface area contributed by atoms with E-state index in [-0.39, 0.29) is 10.7 Å². The average Bonchev–Trinajstić information content (AvgIpc) is 2.40. The van der Waals surface area contributed by atoms with E-state index in [1.54, 1.807) is 24.3 Å². The molecule has 1 aromatic carbocycles. The number of anilines is 1. The van der Waals surface area contributed by atoms with Gasteiger partial charge in [-0.1, -0.05) is 0 Å². The van der Waals surface area contributed by atoms with Gasteiger partial charge in [0, 0.05) is 11.9 Å². The Labute approximate surface area is 127 Å². The van der Waals surface area contributed by atoms with Crippen LogP contribution in [0, 0.1) is 0 Å². The van der Waals surface area contributed by atoms with Gasteiger partial charge in [-0.05, 0) is 43.4 Å². The molecule has 0 aliphatic carbocycles. The molecule has 0 bridgehead atoms. The number of hydrogen-bond donors (Lipinski definition) is 4. The fraction of sp³-hybridized carbons (Fsp3) is 0.154. The molecule has 0 saturated carbocycles. The largest absolute Gasteiger partial charge is 0.494 e. The highest BCUT2D eigenvalue weighted by atomic mass is 32.1. The fourth-order valence-electron chi connectivity index (χ4n) is 1.37. The van der Waals surface area contributed by atoms with Crippen molar-refractivity contribution in [2.75, 3.05) is 11.9 Å². The number of rotatable bonds is 6. The lowest BCUT2D eigenvalue weighted by Crippen LogP contribution is -2.30. The Morgan fingerprint density at radius 1 is 1.24 bits per heavy atom. The van der Waals surface area contributed by atoms with Crippen molar-refractivity contribution in [3.63, 3.8) is 0 Å². The maximum absolute atomic E-state index is 10.9. The second-order valence-corrected chi connectivity index (χ2v) is 4.25. The molecule has 0 unspecified atom stereocenters. The molecule has 8 heteroatoms. The number of ether oxygens (including phenoxy) is 1. The minimum Gasteiger partial charge on any atom is -0.494 e. The Balaban J connectivity index is 2.63. The molecule has 2 amide bonds. The van der Waals surface area contributed by atoms with Crippen molar-refractivity contribution in [3.8, 4) is 5.75 Å². The van der Waals surface area contributed by atoms with Crippen LogP contribution in [0.2, 0.25) is 0 Å². The van der Waals surface area contributed by atoms with E-state index in [0.29, 0.717) is 12.3 Å². The van der Waals surface area contributed by atoms with Crippen LogP contribution in [-0.2, 0) is 9.59 Å². The van der Waals surface area contributed by atoms with Gasteiger partial charge in [0.25, 0.3) is 11.8 Å². The molecule has 0 aromatic heterocycles. The SMILES string of the molecule is CCOc1ccc(NC(=S)NC=C(C(N)=O)C(N)=O)cc1. The highest BCUT2D eigenvalue weighted by Gasteiger charge is 2.11. The Hall–Kier alpha value is -2.61. The predicted octanol–water partition coefficient (Wildman–Crippen LogP) is 0.226. The van der Waals surface area contributed by atoms with E-state index in [9.17, 15) is 9.59 Å². The van der Waals surface area contributed by atoms with Crippen molar-refractivity contribution in [3.05, 3.63) is 36.0 Å². The quantitative estimate of drug-likeness (QED) is 0.258. The van der Waals surface area contributed by atoms with Gasteiger partial charge in [0.1, 0.15) is 11.3 Å². The van der Waals surface area contributed by atoms with Crippen molar-refractivity contribution in [1.29, 1.82) is 0 Å². The summed E-state index contributed by atoms with van der Waals surface area (Å²) < 4.78 is 5.31. The molecule has 0 aliphatic heterocycles. The van der Waals surface area contributed by atoms with Crippen LogP contribution < -0.4 is 26.8 Å². The molecule has 1 rings (SSSR count). The third kappa shape index (κ3) is 5.49. The van der Waals surface area contributed by atoms with Crippen LogP contribution in [0.1, 0.15) is 6.92 Å². The number of benzene rings is 1. The first-order valence-corrected chi connectivity index (χ1v) is 6.45. The number of nitrogens with two attached hydrogens (primary N) is 2. The van der Waals surface area contributed by atoms with Gasteiger partial charge in [0.2, 0.25) is 0 Å². The predicted molar refractivity (Wildman–Crippen MR) is 83.4 cm³/mol. The lowest BCUT2D eigenvalue weighted by atomic mass is 10.2. The summed E-state index contributed by atoms with van der Waals surface area (Å²) in [6.07, 6.45) is 1.06. The van der Waals surface area contributed by atoms with Crippen molar-refractivity contribution >= 4 is 34.8 Å². The van der Waals surface area contributed by atoms with Gasteiger partial charge in [-0.15, -0.1) is 0 Å². The summed E-state index contributed by atoms with van der Waals surface area (Å²) >= 11 is 5.01. The summed E-state index contributed by atoms with van der Waals surface area (Å²) in [4.78, 5) is 21.9. The number of hydrogen-bond acceptors (Lipinski definition) is 4. The van der Waals surface area contributed by atoms with Crippen molar-refractivity contribution < 1.29 is 14.3 Å². The molecule has 0 atom stereocenters. The standard InChI is InChI=1S/C13H16N4O3S/c1-2-20-9-5-3-8(4-6-9)17-13(21)16-7-10(11(14)18)12(15)19/h3-7H,2H2,1H3,(H2,14,18)(H2,15,19)(H2,16,17,21). The van der Waals surface area contributed by atoms with Crippen LogP contribution in [-0.4, -0.2) is 23.5 Å². The van der Waals surface area contributed by atoms with E-state index in [1.807, 2.05) is 6.92 Å². The first-order chi connectivity index (χ1) is 9.93. The third-order valence-corrected chi connectivity index (χ3v) is 2.52. The monoisotopic (exact) mass is 308 g/mol. The maximum atomic E-state index is 10.9. The van der Waals surface area contributed by atoms with Gasteiger partial charge in [0.15, 0.2) is 5.11 Å². The summed E-state index contributed by atoms with van der Waals surface area (Å²) in [5.41, 5.74) is 10.3. The Bertz CT molecular complexity index is 553. The van der Waals surface area contributed by atoms with Gasteiger partial charge in [-0.25, -0.2) is 0 Å². The van der Waals surface area contributed by atoms with E-state index >= 15 is 0 Å². The second kappa shape index (κ2) is 7.85. The molecule has 7 nitrogen and oxygen atoms in total. The van der Waals surface area contributed by atoms with Crippen LogP contribution in [0.15, 0.2) is 36.0 Å². The molecule has 21 heavy (non-hydrogen) atoms. The average molecular weight is 308 g/mol. The molecule has 0 aliphatic rings. The smallest absolute Gasteiger partial charge is 0.255 e. The topological polar surface area (TPSA) is 119 Å². The van der Waals surface area contributed by atoms with Gasteiger partial charge in [-0.2, -0.15) is 0 Å². The fourth-order valence-corrected chi connectivity index (χ4v) is 1.55. The lowest BCUT2D eigenvalue weighted by Gasteiger charge is -2.09. The molecule has 0 spiro atoms. The molecule has 1 aromatic rings. The zero-order valence-electron chi connectivity index (χ0n) is 11.4. The minimum absolute atomic E-state index is 0.180. The van der Waals surface area contributed by atoms with E-state index in [2.05, 4.69) is 10.6 Å². The Morgan fingerprint density at radius 2 is 1.81 bits per heavy atom. The number of nitrogens with one attached hydrogen (secondary N) is 2. The van der Waals surface area contributed by atoms with Crippen LogP contribution in [0.3, 0.4) is 0 Å². The van der Waals surface area contributed by atoms with Gasteiger partial charge >= 0.3 is 0 Å². The molecule has 0 fully saturated rings. The first-order valence-electron chi connectivity index (χ1n) is 6.04. The molecule has 112 valence electrons. The summed E-state index contributed by atoms with van der Waals surface area (Å²) in [6.45, 7) is 2.48. The Kier molecular flexibility index (Phi) is 6.15. The number of primary amides is 2. The number of amides is 2. The summed E-state index contributed by atoms with van der Waals surface area (Å²) in [5, 5.41) is 5.60. The second-order valence-electron chi connectivity index (χ2n) is 3.84. The highest BCUT2D eigenvalue weighted by molar-refractivity contribution is 7.80. The van der Waals surface area contributed by atoms with E-state index < -0.39 is 11.8 Å². The molecular weight excluding hydrogens is 292 g/mol. The zero-order valence-corrected chi connectivity index (χ0v) is 12.2. The minimum atomic E-state index is -0.932. The van der Waals surface area contributed by atoms with Crippen molar-refractivity contribution in [2.45, 2.75) is 6.92 Å². The van der Waals surface area contributed by atoms with Crippen LogP contribution >= 0.6 is 12.2 Å². The molecule has 0 heterocycles.